The first kappa shape index (κ1) is 31.0. The van der Waals surface area contributed by atoms with Crippen LogP contribution in [-0.2, 0) is 23.3 Å². The summed E-state index contributed by atoms with van der Waals surface area (Å²) in [5.41, 5.74) is -5.02. The second kappa shape index (κ2) is 12.1. The van der Waals surface area contributed by atoms with Crippen molar-refractivity contribution in [1.29, 1.82) is 0 Å². The number of hydrogen-bond donors (Lipinski definition) is 4. The van der Waals surface area contributed by atoms with Crippen LogP contribution in [0.15, 0.2) is 42.5 Å². The van der Waals surface area contributed by atoms with E-state index in [2.05, 4.69) is 10.6 Å². The fourth-order valence-electron chi connectivity index (χ4n) is 5.07. The van der Waals surface area contributed by atoms with E-state index in [-0.39, 0.29) is 24.8 Å². The van der Waals surface area contributed by atoms with Crippen molar-refractivity contribution in [3.05, 3.63) is 65.0 Å². The highest BCUT2D eigenvalue weighted by Gasteiger charge is 2.71. The Balaban J connectivity index is 1.27. The molecule has 2 atom stereocenters. The predicted octanol–water partition coefficient (Wildman–Crippen LogP) is 4.47. The maximum atomic E-state index is 14.6. The van der Waals surface area contributed by atoms with Crippen molar-refractivity contribution in [3.63, 3.8) is 0 Å². The van der Waals surface area contributed by atoms with E-state index in [4.69, 9.17) is 4.74 Å². The van der Waals surface area contributed by atoms with Crippen LogP contribution in [0.3, 0.4) is 0 Å². The third-order valence-corrected chi connectivity index (χ3v) is 7.48. The Bertz CT molecular complexity index is 1180. The summed E-state index contributed by atoms with van der Waals surface area (Å²) in [5.74, 6) is -0.378. The first-order chi connectivity index (χ1) is 19.2. The molecule has 2 aromatic carbocycles. The number of ether oxygens (including phenoxy) is 1. The summed E-state index contributed by atoms with van der Waals surface area (Å²) in [5, 5.41) is 24.2. The predicted molar refractivity (Wildman–Crippen MR) is 133 cm³/mol. The van der Waals surface area contributed by atoms with Crippen LogP contribution in [-0.4, -0.2) is 71.9 Å². The molecule has 0 spiro atoms. The van der Waals surface area contributed by atoms with E-state index in [0.717, 1.165) is 30.5 Å². The first-order valence-corrected chi connectivity index (χ1v) is 13.0. The highest BCUT2D eigenvalue weighted by Crippen LogP contribution is 2.50. The van der Waals surface area contributed by atoms with Gasteiger partial charge < -0.3 is 25.6 Å². The van der Waals surface area contributed by atoms with Crippen molar-refractivity contribution < 1.29 is 50.5 Å². The maximum Gasteiger partial charge on any atom is 0.430 e. The number of alkyl halides is 6. The van der Waals surface area contributed by atoms with Crippen LogP contribution in [0, 0.1) is 11.7 Å². The summed E-state index contributed by atoms with van der Waals surface area (Å²) in [6, 6.07) is 6.86. The number of benzene rings is 2. The Morgan fingerprint density at radius 3 is 2.10 bits per heavy atom. The molecule has 2 aromatic rings. The van der Waals surface area contributed by atoms with Gasteiger partial charge in [-0.3, -0.25) is 4.90 Å². The molecular weight excluding hydrogens is 563 g/mol. The number of amides is 2. The monoisotopic (exact) mass is 593 g/mol. The molecule has 0 saturated carbocycles. The van der Waals surface area contributed by atoms with Gasteiger partial charge in [-0.1, -0.05) is 30.3 Å². The van der Waals surface area contributed by atoms with Crippen molar-refractivity contribution in [2.75, 3.05) is 31.6 Å². The molecule has 0 aromatic heterocycles. The zero-order chi connectivity index (χ0) is 30.0. The number of carbonyl (C=O) groups excluding carboxylic acids is 1. The van der Waals surface area contributed by atoms with Gasteiger partial charge in [0.15, 0.2) is 0 Å². The second-order valence-corrected chi connectivity index (χ2v) is 10.5. The molecule has 0 radical (unpaired) electrons. The number of aliphatic hydroxyl groups excluding tert-OH is 1. The van der Waals surface area contributed by atoms with Gasteiger partial charge in [0.25, 0.3) is 5.60 Å². The summed E-state index contributed by atoms with van der Waals surface area (Å²) in [4.78, 5) is 14.1. The number of halogens is 7. The summed E-state index contributed by atoms with van der Waals surface area (Å²) in [6.07, 6.45) is -10.6. The minimum absolute atomic E-state index is 0.00982. The van der Waals surface area contributed by atoms with Gasteiger partial charge in [0, 0.05) is 12.1 Å². The molecule has 2 fully saturated rings. The average molecular weight is 594 g/mol. The molecule has 0 unspecified atom stereocenters. The largest absolute Gasteiger partial charge is 0.430 e. The number of nitrogens with one attached hydrogen (secondary N) is 2. The van der Waals surface area contributed by atoms with E-state index in [9.17, 15) is 45.7 Å². The van der Waals surface area contributed by atoms with Crippen LogP contribution in [0.1, 0.15) is 29.5 Å². The number of hydrogen-bond acceptors (Lipinski definition) is 5. The van der Waals surface area contributed by atoms with Crippen molar-refractivity contribution in [2.45, 2.75) is 55.9 Å². The van der Waals surface area contributed by atoms with Gasteiger partial charge in [-0.2, -0.15) is 26.3 Å². The molecule has 226 valence electrons. The average Bonchev–Trinajstić information content (AvgIpc) is 3.29. The van der Waals surface area contributed by atoms with Crippen molar-refractivity contribution in [3.8, 4) is 0 Å². The Morgan fingerprint density at radius 2 is 1.56 bits per heavy atom. The highest BCUT2D eigenvalue weighted by molar-refractivity contribution is 5.89. The molecule has 2 amide bonds. The number of aliphatic hydroxyl groups is 2. The molecule has 4 N–H and O–H groups in total. The highest BCUT2D eigenvalue weighted by atomic mass is 19.4. The number of rotatable bonds is 7. The van der Waals surface area contributed by atoms with Crippen LogP contribution < -0.4 is 10.6 Å². The lowest BCUT2D eigenvalue weighted by Gasteiger charge is -2.33. The lowest BCUT2D eigenvalue weighted by atomic mass is 9.89. The molecule has 2 saturated heterocycles. The summed E-state index contributed by atoms with van der Waals surface area (Å²) in [6.45, 7) is 1.84. The van der Waals surface area contributed by atoms with E-state index < -0.39 is 47.5 Å². The number of piperidine rings is 1. The van der Waals surface area contributed by atoms with Crippen LogP contribution in [0.4, 0.5) is 41.2 Å². The Kier molecular flexibility index (Phi) is 9.16. The molecule has 4 rings (SSSR count). The van der Waals surface area contributed by atoms with Gasteiger partial charge in [-0.15, -0.1) is 0 Å². The smallest absolute Gasteiger partial charge is 0.388 e. The van der Waals surface area contributed by atoms with Gasteiger partial charge in [-0.05, 0) is 61.5 Å². The van der Waals surface area contributed by atoms with E-state index >= 15 is 0 Å². The number of nitrogens with zero attached hydrogens (tertiary/aromatic N) is 1. The third kappa shape index (κ3) is 7.11. The Morgan fingerprint density at radius 1 is 0.951 bits per heavy atom. The van der Waals surface area contributed by atoms with Gasteiger partial charge >= 0.3 is 18.4 Å². The van der Waals surface area contributed by atoms with Gasteiger partial charge in [0.2, 0.25) is 0 Å². The molecule has 2 aliphatic heterocycles. The van der Waals surface area contributed by atoms with E-state index in [1.54, 1.807) is 6.07 Å². The van der Waals surface area contributed by atoms with Crippen LogP contribution in [0.25, 0.3) is 0 Å². The van der Waals surface area contributed by atoms with E-state index in [1.165, 1.54) is 12.1 Å². The Hall–Kier alpha value is -2.94. The molecule has 7 nitrogen and oxygen atoms in total. The minimum Gasteiger partial charge on any atom is -0.388 e. The zero-order valence-corrected chi connectivity index (χ0v) is 21.7. The van der Waals surface area contributed by atoms with Crippen molar-refractivity contribution >= 4 is 11.7 Å². The Labute approximate surface area is 231 Å². The summed E-state index contributed by atoms with van der Waals surface area (Å²) in [7, 11) is 0. The molecule has 0 aliphatic carbocycles. The third-order valence-electron chi connectivity index (χ3n) is 7.48. The quantitative estimate of drug-likeness (QED) is 0.356. The number of urea groups is 1. The zero-order valence-electron chi connectivity index (χ0n) is 21.7. The maximum absolute atomic E-state index is 14.6. The molecule has 41 heavy (non-hydrogen) atoms. The molecule has 0 bridgehead atoms. The lowest BCUT2D eigenvalue weighted by Crippen LogP contribution is -2.53. The first-order valence-electron chi connectivity index (χ1n) is 13.0. The SMILES string of the molecule is O=C(Nc1ccc(CC2CCN(Cc3ccc(C(O)(C(F)(F)F)C(F)(F)F)cc3)CC2)cc1F)N[C@@H]1COC[C@H]1O. The van der Waals surface area contributed by atoms with Gasteiger partial charge in [0.1, 0.15) is 5.82 Å². The molecule has 2 aliphatic rings. The molecule has 14 heteroatoms. The van der Waals surface area contributed by atoms with Crippen molar-refractivity contribution in [1.82, 2.24) is 10.2 Å². The molecular formula is C27H30F7N3O4. The lowest BCUT2D eigenvalue weighted by molar-refractivity contribution is -0.376. The second-order valence-electron chi connectivity index (χ2n) is 10.5. The van der Waals surface area contributed by atoms with Crippen LogP contribution in [0.5, 0.6) is 0 Å². The number of likely N-dealkylation sites (tertiary alicyclic amines) is 1. The fraction of sp³-hybridized carbons (Fsp3) is 0.519. The topological polar surface area (TPSA) is 94.1 Å². The summed E-state index contributed by atoms with van der Waals surface area (Å²) < 4.78 is 98.2. The van der Waals surface area contributed by atoms with Gasteiger partial charge in [-0.25, -0.2) is 9.18 Å². The van der Waals surface area contributed by atoms with Crippen LogP contribution in [0.2, 0.25) is 0 Å². The fourth-order valence-corrected chi connectivity index (χ4v) is 5.07. The van der Waals surface area contributed by atoms with Gasteiger partial charge in [0.05, 0.1) is 31.0 Å². The number of anilines is 1. The van der Waals surface area contributed by atoms with E-state index in [0.29, 0.717) is 43.8 Å². The number of carbonyl (C=O) groups is 1. The normalized spacial score (nSPS) is 21.2. The molecule has 2 heterocycles. The van der Waals surface area contributed by atoms with Crippen molar-refractivity contribution in [2.24, 2.45) is 5.92 Å². The minimum atomic E-state index is -5.93. The summed E-state index contributed by atoms with van der Waals surface area (Å²) >= 11 is 0. The standard InChI is InChI=1S/C27H30F7N3O4/c28-20-12-18(3-6-21(20)35-24(39)36-22-14-41-15-23(22)38)11-16-7-9-37(10-8-16)13-17-1-4-19(5-2-17)25(40,26(29,30)31)27(32,33)34/h1-6,12,16,22-23,38,40H,7-11,13-15H2,(H2,35,36,39)/t22-,23-/m1/s1. The van der Waals surface area contributed by atoms with Crippen LogP contribution >= 0.6 is 0 Å². The van der Waals surface area contributed by atoms with E-state index in [1.807, 2.05) is 4.90 Å².